The van der Waals surface area contributed by atoms with Crippen LogP contribution in [0.4, 0.5) is 0 Å². The van der Waals surface area contributed by atoms with Gasteiger partial charge in [0.05, 0.1) is 5.69 Å². The summed E-state index contributed by atoms with van der Waals surface area (Å²) in [7, 11) is 0. The minimum atomic E-state index is 0.482. The summed E-state index contributed by atoms with van der Waals surface area (Å²) >= 11 is 1.72. The van der Waals surface area contributed by atoms with Gasteiger partial charge in [0.15, 0.2) is 0 Å². The van der Waals surface area contributed by atoms with Crippen molar-refractivity contribution in [3.8, 4) is 0 Å². The zero-order valence-electron chi connectivity index (χ0n) is 9.81. The third-order valence-corrected chi connectivity index (χ3v) is 4.60. The predicted octanol–water partition coefficient (Wildman–Crippen LogP) is 4.28. The third kappa shape index (κ3) is 1.84. The first-order valence-corrected chi connectivity index (χ1v) is 6.83. The summed E-state index contributed by atoms with van der Waals surface area (Å²) in [6, 6.07) is 0. The van der Waals surface area contributed by atoms with Gasteiger partial charge in [-0.05, 0) is 24.8 Å². The Labute approximate surface area is 105 Å². The van der Waals surface area contributed by atoms with E-state index in [0.29, 0.717) is 11.7 Å². The average Bonchev–Trinajstić information content (AvgIpc) is 2.75. The van der Waals surface area contributed by atoms with E-state index in [0.717, 1.165) is 35.5 Å². The van der Waals surface area contributed by atoms with Crippen LogP contribution in [-0.2, 0) is 0 Å². The molecule has 1 heterocycles. The lowest BCUT2D eigenvalue weighted by molar-refractivity contribution is 0.391. The van der Waals surface area contributed by atoms with Gasteiger partial charge in [0.2, 0.25) is 0 Å². The Morgan fingerprint density at radius 3 is 3.00 bits per heavy atom. The number of hydrogen-bond acceptors (Lipinski definition) is 3. The second-order valence-corrected chi connectivity index (χ2v) is 5.64. The van der Waals surface area contributed by atoms with Gasteiger partial charge in [-0.25, -0.2) is 4.98 Å². The number of nitrogens with zero attached hydrogens (tertiary/aromatic N) is 1. The molecule has 0 saturated carbocycles. The van der Waals surface area contributed by atoms with Crippen molar-refractivity contribution in [2.75, 3.05) is 0 Å². The number of thiazole rings is 1. The monoisotopic (exact) mass is 245 g/mol. The Hall–Kier alpha value is -1.35. The Morgan fingerprint density at radius 2 is 2.24 bits per heavy atom. The smallest absolute Gasteiger partial charge is 0.127 e. The molecule has 2 aliphatic carbocycles. The molecule has 1 aromatic heterocycles. The fraction of sp³-hybridized carbons (Fsp3) is 0.357. The van der Waals surface area contributed by atoms with Crippen LogP contribution in [0.5, 0.6) is 0 Å². The van der Waals surface area contributed by atoms with E-state index in [1.807, 2.05) is 6.08 Å². The van der Waals surface area contributed by atoms with E-state index in [1.54, 1.807) is 11.3 Å². The Balaban J connectivity index is 2.06. The molecule has 88 valence electrons. The topological polar surface area (TPSA) is 33.1 Å². The second-order valence-electron chi connectivity index (χ2n) is 4.61. The molecule has 0 bridgehead atoms. The number of aromatic nitrogens is 1. The van der Waals surface area contributed by atoms with E-state index in [2.05, 4.69) is 30.1 Å². The largest absolute Gasteiger partial charge is 0.512 e. The molecule has 2 aliphatic rings. The van der Waals surface area contributed by atoms with Crippen molar-refractivity contribution < 1.29 is 5.11 Å². The highest BCUT2D eigenvalue weighted by molar-refractivity contribution is 7.13. The minimum Gasteiger partial charge on any atom is -0.512 e. The highest BCUT2D eigenvalue weighted by atomic mass is 32.1. The number of rotatable bonds is 1. The highest BCUT2D eigenvalue weighted by Crippen LogP contribution is 2.38. The van der Waals surface area contributed by atoms with Gasteiger partial charge in [-0.3, -0.25) is 0 Å². The summed E-state index contributed by atoms with van der Waals surface area (Å²) < 4.78 is 0. The lowest BCUT2D eigenvalue weighted by atomic mass is 9.99. The van der Waals surface area contributed by atoms with Gasteiger partial charge in [0.25, 0.3) is 0 Å². The van der Waals surface area contributed by atoms with Crippen molar-refractivity contribution in [2.24, 2.45) is 0 Å². The molecule has 0 spiro atoms. The first-order chi connectivity index (χ1) is 8.25. The highest BCUT2D eigenvalue weighted by Gasteiger charge is 2.20. The summed E-state index contributed by atoms with van der Waals surface area (Å²) in [6.07, 6.45) is 11.1. The third-order valence-electron chi connectivity index (χ3n) is 3.27. The molecule has 2 nitrogen and oxygen atoms in total. The van der Waals surface area contributed by atoms with Crippen LogP contribution in [-0.4, -0.2) is 10.1 Å². The average molecular weight is 245 g/mol. The fourth-order valence-electron chi connectivity index (χ4n) is 2.27. The lowest BCUT2D eigenvalue weighted by Crippen LogP contribution is -1.95. The molecule has 1 unspecified atom stereocenters. The van der Waals surface area contributed by atoms with Crippen LogP contribution < -0.4 is 0 Å². The van der Waals surface area contributed by atoms with Gasteiger partial charge < -0.3 is 5.11 Å². The van der Waals surface area contributed by atoms with Crippen LogP contribution >= 0.6 is 11.3 Å². The molecule has 0 aliphatic heterocycles. The molecular formula is C14H15NOS. The molecule has 3 heteroatoms. The van der Waals surface area contributed by atoms with Crippen molar-refractivity contribution in [1.82, 2.24) is 4.98 Å². The quantitative estimate of drug-likeness (QED) is 0.801. The number of fused-ring (bicyclic) bond motifs is 1. The summed E-state index contributed by atoms with van der Waals surface area (Å²) in [5, 5.41) is 10.9. The first kappa shape index (κ1) is 10.8. The molecule has 1 atom stereocenters. The molecule has 1 aromatic rings. The van der Waals surface area contributed by atoms with Crippen LogP contribution in [0.3, 0.4) is 0 Å². The maximum absolute atomic E-state index is 9.93. The van der Waals surface area contributed by atoms with E-state index < -0.39 is 0 Å². The maximum Gasteiger partial charge on any atom is 0.127 e. The van der Waals surface area contributed by atoms with E-state index in [-0.39, 0.29) is 0 Å². The SMILES string of the molecule is CC1CC=Cc2nc(C3=C(O)CCC=C3)sc21. The normalized spacial score (nSPS) is 23.0. The van der Waals surface area contributed by atoms with Gasteiger partial charge in [0, 0.05) is 16.9 Å². The minimum absolute atomic E-state index is 0.482. The van der Waals surface area contributed by atoms with Crippen LogP contribution in [0.15, 0.2) is 24.0 Å². The molecular weight excluding hydrogens is 230 g/mol. The van der Waals surface area contributed by atoms with E-state index in [1.165, 1.54) is 4.88 Å². The van der Waals surface area contributed by atoms with Gasteiger partial charge in [-0.2, -0.15) is 0 Å². The molecule has 0 radical (unpaired) electrons. The van der Waals surface area contributed by atoms with Crippen LogP contribution in [0.1, 0.15) is 47.7 Å². The van der Waals surface area contributed by atoms with Gasteiger partial charge in [-0.15, -0.1) is 11.3 Å². The second kappa shape index (κ2) is 4.15. The zero-order valence-corrected chi connectivity index (χ0v) is 10.6. The number of aliphatic hydroxyl groups excluding tert-OH is 1. The summed E-state index contributed by atoms with van der Waals surface area (Å²) in [5.41, 5.74) is 2.00. The summed E-state index contributed by atoms with van der Waals surface area (Å²) in [4.78, 5) is 5.99. The van der Waals surface area contributed by atoms with Crippen LogP contribution in [0.2, 0.25) is 0 Å². The van der Waals surface area contributed by atoms with Gasteiger partial charge in [-0.1, -0.05) is 25.2 Å². The lowest BCUT2D eigenvalue weighted by Gasteiger charge is -2.10. The zero-order chi connectivity index (χ0) is 11.8. The molecule has 0 aromatic carbocycles. The van der Waals surface area contributed by atoms with Crippen molar-refractivity contribution in [3.05, 3.63) is 39.6 Å². The number of allylic oxidation sites excluding steroid dienone is 5. The molecule has 3 rings (SSSR count). The van der Waals surface area contributed by atoms with Crippen molar-refractivity contribution in [2.45, 2.75) is 32.1 Å². The van der Waals surface area contributed by atoms with E-state index in [4.69, 9.17) is 0 Å². The standard InChI is InChI=1S/C14H15NOS/c1-9-5-4-7-11-13(9)17-14(15-11)10-6-2-3-8-12(10)16/h2,4,6-7,9,16H,3,5,8H2,1H3. The Bertz CT molecular complexity index is 536. The molecule has 0 saturated heterocycles. The first-order valence-electron chi connectivity index (χ1n) is 6.02. The van der Waals surface area contributed by atoms with Crippen molar-refractivity contribution in [1.29, 1.82) is 0 Å². The van der Waals surface area contributed by atoms with Gasteiger partial charge >= 0.3 is 0 Å². The van der Waals surface area contributed by atoms with Gasteiger partial charge in [0.1, 0.15) is 10.8 Å². The Morgan fingerprint density at radius 1 is 1.35 bits per heavy atom. The van der Waals surface area contributed by atoms with Crippen molar-refractivity contribution in [3.63, 3.8) is 0 Å². The molecule has 17 heavy (non-hydrogen) atoms. The van der Waals surface area contributed by atoms with Crippen LogP contribution in [0.25, 0.3) is 11.6 Å². The van der Waals surface area contributed by atoms with Crippen LogP contribution in [0, 0.1) is 0 Å². The van der Waals surface area contributed by atoms with Crippen molar-refractivity contribution >= 4 is 23.0 Å². The molecule has 0 fully saturated rings. The molecule has 1 N–H and O–H groups in total. The molecule has 0 amide bonds. The predicted molar refractivity (Wildman–Crippen MR) is 72.1 cm³/mol. The Kier molecular flexibility index (Phi) is 2.63. The number of aliphatic hydroxyl groups is 1. The van der Waals surface area contributed by atoms with E-state index in [9.17, 15) is 5.11 Å². The summed E-state index contributed by atoms with van der Waals surface area (Å²) in [5.74, 6) is 1.03. The maximum atomic E-state index is 9.93. The number of hydrogen-bond donors (Lipinski definition) is 1. The van der Waals surface area contributed by atoms with E-state index >= 15 is 0 Å². The fourth-order valence-corrected chi connectivity index (χ4v) is 3.43. The summed E-state index contributed by atoms with van der Waals surface area (Å²) in [6.45, 7) is 2.23.